The number of Topliss-reactive ketones (excluding diaryl/α,β-unsaturated/α-hetero) is 1. The zero-order chi connectivity index (χ0) is 10.1. The van der Waals surface area contributed by atoms with Gasteiger partial charge in [-0.15, -0.1) is 23.5 Å². The normalized spacial score (nSPS) is 20.5. The maximum absolute atomic E-state index is 12.9. The zero-order valence-corrected chi connectivity index (χ0v) is 9.03. The topological polar surface area (TPSA) is 17.1 Å². The Kier molecular flexibility index (Phi) is 3.40. The molecule has 0 heterocycles. The molecule has 74 valence electrons. The van der Waals surface area contributed by atoms with Crippen molar-refractivity contribution < 1.29 is 13.6 Å². The molecule has 0 saturated heterocycles. The highest BCUT2D eigenvalue weighted by atomic mass is 32.2. The van der Waals surface area contributed by atoms with Gasteiger partial charge in [0.2, 0.25) is 5.78 Å². The molecule has 0 fully saturated rings. The average molecular weight is 224 g/mol. The Hall–Kier alpha value is -0.0300. The smallest absolute Gasteiger partial charge is 0.286 e. The van der Waals surface area contributed by atoms with Gasteiger partial charge < -0.3 is 0 Å². The molecule has 0 bridgehead atoms. The fourth-order valence-electron chi connectivity index (χ4n) is 1.00. The van der Waals surface area contributed by atoms with E-state index in [1.807, 2.05) is 6.92 Å². The predicted molar refractivity (Wildman–Crippen MR) is 53.2 cm³/mol. The highest BCUT2D eigenvalue weighted by Gasteiger charge is 2.56. The van der Waals surface area contributed by atoms with Gasteiger partial charge in [0.05, 0.1) is 9.81 Å². The molecule has 0 radical (unpaired) electrons. The molecule has 0 aromatic carbocycles. The minimum atomic E-state index is -3.20. The van der Waals surface area contributed by atoms with E-state index in [2.05, 4.69) is 0 Å². The standard InChI is InChI=1S/C8H10F2OS2/c1-3-12-5-6(11)8(9,10)7(5)13-4-2/h3-4H2,1-2H3. The van der Waals surface area contributed by atoms with Gasteiger partial charge in [0, 0.05) is 0 Å². The van der Waals surface area contributed by atoms with Crippen molar-refractivity contribution in [2.45, 2.75) is 19.8 Å². The Bertz CT molecular complexity index is 261. The maximum Gasteiger partial charge on any atom is 0.342 e. The van der Waals surface area contributed by atoms with Crippen molar-refractivity contribution in [1.29, 1.82) is 0 Å². The number of thioether (sulfide) groups is 2. The van der Waals surface area contributed by atoms with E-state index in [1.54, 1.807) is 6.92 Å². The molecule has 0 N–H and O–H groups in total. The van der Waals surface area contributed by atoms with Crippen molar-refractivity contribution in [2.75, 3.05) is 11.5 Å². The molecule has 0 aromatic heterocycles. The first-order valence-electron chi connectivity index (χ1n) is 3.98. The lowest BCUT2D eigenvalue weighted by molar-refractivity contribution is -0.136. The number of hydrogen-bond acceptors (Lipinski definition) is 3. The van der Waals surface area contributed by atoms with Crippen molar-refractivity contribution >= 4 is 29.3 Å². The van der Waals surface area contributed by atoms with Gasteiger partial charge in [-0.05, 0) is 11.5 Å². The number of carbonyl (C=O) groups is 1. The first kappa shape index (κ1) is 11.0. The summed E-state index contributed by atoms with van der Waals surface area (Å²) < 4.78 is 25.8. The van der Waals surface area contributed by atoms with Crippen LogP contribution in [-0.4, -0.2) is 23.2 Å². The van der Waals surface area contributed by atoms with Gasteiger partial charge in [0.1, 0.15) is 0 Å². The third kappa shape index (κ3) is 1.76. The molecular formula is C8H10F2OS2. The fourth-order valence-corrected chi connectivity index (χ4v) is 2.95. The Morgan fingerprint density at radius 3 is 2.23 bits per heavy atom. The van der Waals surface area contributed by atoms with Gasteiger partial charge in [-0.2, -0.15) is 8.78 Å². The molecule has 1 rings (SSSR count). The van der Waals surface area contributed by atoms with E-state index in [0.717, 1.165) is 11.8 Å². The lowest BCUT2D eigenvalue weighted by Crippen LogP contribution is -2.41. The maximum atomic E-state index is 12.9. The van der Waals surface area contributed by atoms with Crippen molar-refractivity contribution in [3.8, 4) is 0 Å². The van der Waals surface area contributed by atoms with E-state index >= 15 is 0 Å². The van der Waals surface area contributed by atoms with Crippen LogP contribution in [0.5, 0.6) is 0 Å². The highest BCUT2D eigenvalue weighted by molar-refractivity contribution is 8.07. The van der Waals surface area contributed by atoms with Crippen LogP contribution in [0.25, 0.3) is 0 Å². The molecule has 0 saturated carbocycles. The molecule has 1 aliphatic rings. The summed E-state index contributed by atoms with van der Waals surface area (Å²) in [6, 6.07) is 0. The summed E-state index contributed by atoms with van der Waals surface area (Å²) >= 11 is 2.27. The van der Waals surface area contributed by atoms with Crippen LogP contribution in [0.2, 0.25) is 0 Å². The minimum Gasteiger partial charge on any atom is -0.286 e. The lowest BCUT2D eigenvalue weighted by Gasteiger charge is -2.29. The third-order valence-corrected chi connectivity index (χ3v) is 3.69. The molecule has 1 nitrogen and oxygen atoms in total. The fraction of sp³-hybridized carbons (Fsp3) is 0.625. The van der Waals surface area contributed by atoms with Crippen molar-refractivity contribution in [1.82, 2.24) is 0 Å². The van der Waals surface area contributed by atoms with Crippen LogP contribution in [0, 0.1) is 0 Å². The van der Waals surface area contributed by atoms with Crippen molar-refractivity contribution in [3.63, 3.8) is 0 Å². The van der Waals surface area contributed by atoms with E-state index in [4.69, 9.17) is 0 Å². The van der Waals surface area contributed by atoms with Crippen LogP contribution < -0.4 is 0 Å². The van der Waals surface area contributed by atoms with E-state index in [-0.39, 0.29) is 9.81 Å². The summed E-state index contributed by atoms with van der Waals surface area (Å²) in [6.45, 7) is 3.64. The molecular weight excluding hydrogens is 214 g/mol. The van der Waals surface area contributed by atoms with Gasteiger partial charge in [0.25, 0.3) is 0 Å². The summed E-state index contributed by atoms with van der Waals surface area (Å²) in [7, 11) is 0. The Balaban J connectivity index is 2.86. The van der Waals surface area contributed by atoms with Crippen molar-refractivity contribution in [2.24, 2.45) is 0 Å². The van der Waals surface area contributed by atoms with Gasteiger partial charge in [-0.1, -0.05) is 13.8 Å². The van der Waals surface area contributed by atoms with Crippen LogP contribution >= 0.6 is 23.5 Å². The Morgan fingerprint density at radius 2 is 1.77 bits per heavy atom. The molecule has 13 heavy (non-hydrogen) atoms. The van der Waals surface area contributed by atoms with Crippen molar-refractivity contribution in [3.05, 3.63) is 9.81 Å². The van der Waals surface area contributed by atoms with E-state index < -0.39 is 11.7 Å². The molecule has 0 amide bonds. The first-order valence-corrected chi connectivity index (χ1v) is 5.95. The van der Waals surface area contributed by atoms with E-state index in [0.29, 0.717) is 11.5 Å². The van der Waals surface area contributed by atoms with Gasteiger partial charge >= 0.3 is 5.92 Å². The van der Waals surface area contributed by atoms with E-state index in [1.165, 1.54) is 11.8 Å². The number of ketones is 1. The SMILES string of the molecule is CCSC1=C(SCC)C(F)(F)C1=O. The van der Waals surface area contributed by atoms with E-state index in [9.17, 15) is 13.6 Å². The lowest BCUT2D eigenvalue weighted by atomic mass is 10.0. The third-order valence-electron chi connectivity index (χ3n) is 1.56. The summed E-state index contributed by atoms with van der Waals surface area (Å²) in [5, 5.41) is 0. The second kappa shape index (κ2) is 4.00. The number of rotatable bonds is 4. The number of allylic oxidation sites excluding steroid dienone is 2. The number of carbonyl (C=O) groups excluding carboxylic acids is 1. The average Bonchev–Trinajstić information content (AvgIpc) is 2.10. The minimum absolute atomic E-state index is 0.0353. The Labute approximate surface area is 84.3 Å². The quantitative estimate of drug-likeness (QED) is 0.731. The largest absolute Gasteiger partial charge is 0.342 e. The molecule has 0 atom stereocenters. The summed E-state index contributed by atoms with van der Waals surface area (Å²) in [6.07, 6.45) is 0. The highest BCUT2D eigenvalue weighted by Crippen LogP contribution is 2.50. The van der Waals surface area contributed by atoms with Gasteiger partial charge in [-0.25, -0.2) is 0 Å². The summed E-state index contributed by atoms with van der Waals surface area (Å²) in [5.74, 6) is -2.97. The molecule has 0 spiro atoms. The second-order valence-corrected chi connectivity index (χ2v) is 4.98. The predicted octanol–water partition coefficient (Wildman–Crippen LogP) is 2.92. The Morgan fingerprint density at radius 1 is 1.23 bits per heavy atom. The number of halogens is 2. The monoisotopic (exact) mass is 224 g/mol. The van der Waals surface area contributed by atoms with Crippen LogP contribution in [0.3, 0.4) is 0 Å². The molecule has 1 aliphatic carbocycles. The molecule has 0 aliphatic heterocycles. The van der Waals surface area contributed by atoms with Crippen LogP contribution in [0.1, 0.15) is 13.8 Å². The zero-order valence-electron chi connectivity index (χ0n) is 7.39. The summed E-state index contributed by atoms with van der Waals surface area (Å²) in [5.41, 5.74) is 0. The summed E-state index contributed by atoms with van der Waals surface area (Å²) in [4.78, 5) is 11.1. The number of alkyl halides is 2. The molecule has 0 unspecified atom stereocenters. The molecule has 5 heteroatoms. The van der Waals surface area contributed by atoms with Crippen LogP contribution in [0.4, 0.5) is 8.78 Å². The molecule has 0 aromatic rings. The van der Waals surface area contributed by atoms with Crippen LogP contribution in [-0.2, 0) is 4.79 Å². The van der Waals surface area contributed by atoms with Gasteiger partial charge in [0.15, 0.2) is 0 Å². The van der Waals surface area contributed by atoms with Crippen LogP contribution in [0.15, 0.2) is 9.81 Å². The second-order valence-electron chi connectivity index (χ2n) is 2.43. The number of hydrogen-bond donors (Lipinski definition) is 0. The van der Waals surface area contributed by atoms with Gasteiger partial charge in [-0.3, -0.25) is 4.79 Å². The first-order chi connectivity index (χ1) is 6.05.